The van der Waals surface area contributed by atoms with Crippen molar-refractivity contribution < 1.29 is 0 Å². The molecule has 3 heterocycles. The second-order valence-corrected chi connectivity index (χ2v) is 14.7. The van der Waals surface area contributed by atoms with E-state index in [0.717, 1.165) is 44.5 Å². The largest absolute Gasteiger partial charge is 0.308 e. The van der Waals surface area contributed by atoms with Crippen molar-refractivity contribution in [3.63, 3.8) is 0 Å². The predicted molar refractivity (Wildman–Crippen MR) is 226 cm³/mol. The molecule has 8 aromatic carbocycles. The molecule has 11 aromatic rings. The lowest BCUT2D eigenvalue weighted by Gasteiger charge is -2.17. The highest BCUT2D eigenvalue weighted by molar-refractivity contribution is 7.25. The molecule has 3 aromatic heterocycles. The number of thiophene rings is 1. The Morgan fingerprint density at radius 2 is 0.981 bits per heavy atom. The molecule has 5 heteroatoms. The maximum absolute atomic E-state index is 5.35. The van der Waals surface area contributed by atoms with Gasteiger partial charge in [-0.2, -0.15) is 0 Å². The van der Waals surface area contributed by atoms with Crippen molar-refractivity contribution in [3.8, 4) is 51.0 Å². The first kappa shape index (κ1) is 30.7. The van der Waals surface area contributed by atoms with Crippen molar-refractivity contribution in [2.24, 2.45) is 0 Å². The van der Waals surface area contributed by atoms with Gasteiger partial charge >= 0.3 is 0 Å². The van der Waals surface area contributed by atoms with Crippen LogP contribution in [0.2, 0.25) is 0 Å². The molecular weight excluding hydrogens is 677 g/mol. The van der Waals surface area contributed by atoms with Crippen LogP contribution in [-0.2, 0) is 0 Å². The molecule has 0 saturated carbocycles. The monoisotopic (exact) mass is 706 g/mol. The van der Waals surface area contributed by atoms with E-state index in [1.807, 2.05) is 35.6 Å². The van der Waals surface area contributed by atoms with Gasteiger partial charge in [-0.3, -0.25) is 0 Å². The fourth-order valence-electron chi connectivity index (χ4n) is 7.92. The van der Waals surface area contributed by atoms with Crippen LogP contribution in [0.4, 0.5) is 0 Å². The standard InChI is InChI=1S/C49H30N4S/c1-3-14-31(15-4-1)33-20-13-21-36(28-33)48-50-47(32-16-5-2-6-17-32)51-49(52-48)39-26-27-44-45(38-23-10-12-25-43(38)54-44)46(39)53-41-24-11-9-22-37(41)40-29-34-18-7-8-19-35(34)30-42(40)53/h1-30H. The van der Waals surface area contributed by atoms with Crippen LogP contribution in [0.1, 0.15) is 0 Å². The molecule has 0 unspecified atom stereocenters. The summed E-state index contributed by atoms with van der Waals surface area (Å²) in [5, 5.41) is 7.25. The summed E-state index contributed by atoms with van der Waals surface area (Å²) in [6, 6.07) is 64.4. The zero-order chi connectivity index (χ0) is 35.6. The molecule has 252 valence electrons. The number of rotatable bonds is 5. The van der Waals surface area contributed by atoms with Gasteiger partial charge in [-0.1, -0.05) is 140 Å². The van der Waals surface area contributed by atoms with Crippen LogP contribution in [0.15, 0.2) is 182 Å². The maximum atomic E-state index is 5.35. The molecule has 0 aliphatic rings. The normalized spacial score (nSPS) is 11.7. The SMILES string of the molecule is c1ccc(-c2cccc(-c3nc(-c4ccccc4)nc(-c4ccc5sc6ccccc6c5c4-n4c5ccccc5c5cc6ccccc6cc54)n3)c2)cc1. The predicted octanol–water partition coefficient (Wildman–Crippen LogP) is 13.2. The van der Waals surface area contributed by atoms with E-state index in [9.17, 15) is 0 Å². The van der Waals surface area contributed by atoms with Crippen LogP contribution in [0.25, 0.3) is 104 Å². The van der Waals surface area contributed by atoms with Gasteiger partial charge in [0.2, 0.25) is 0 Å². The number of benzene rings is 8. The van der Waals surface area contributed by atoms with Crippen molar-refractivity contribution in [1.82, 2.24) is 19.5 Å². The zero-order valence-electron chi connectivity index (χ0n) is 29.0. The molecule has 54 heavy (non-hydrogen) atoms. The third-order valence-electron chi connectivity index (χ3n) is 10.4. The van der Waals surface area contributed by atoms with Crippen LogP contribution in [0.3, 0.4) is 0 Å². The van der Waals surface area contributed by atoms with Crippen LogP contribution in [0.5, 0.6) is 0 Å². The van der Waals surface area contributed by atoms with E-state index in [1.54, 1.807) is 0 Å². The molecule has 4 nitrogen and oxygen atoms in total. The summed E-state index contributed by atoms with van der Waals surface area (Å²) in [6.07, 6.45) is 0. The third-order valence-corrected chi connectivity index (χ3v) is 11.6. The Kier molecular flexibility index (Phi) is 7.00. The Morgan fingerprint density at radius 3 is 1.80 bits per heavy atom. The highest BCUT2D eigenvalue weighted by atomic mass is 32.1. The lowest BCUT2D eigenvalue weighted by molar-refractivity contribution is 1.07. The molecule has 0 N–H and O–H groups in total. The van der Waals surface area contributed by atoms with E-state index >= 15 is 0 Å². The zero-order valence-corrected chi connectivity index (χ0v) is 29.8. The molecule has 11 rings (SSSR count). The Morgan fingerprint density at radius 1 is 0.370 bits per heavy atom. The van der Waals surface area contributed by atoms with Crippen molar-refractivity contribution in [1.29, 1.82) is 0 Å². The average molecular weight is 707 g/mol. The highest BCUT2D eigenvalue weighted by Crippen LogP contribution is 2.45. The summed E-state index contributed by atoms with van der Waals surface area (Å²) in [5.74, 6) is 1.89. The number of para-hydroxylation sites is 1. The van der Waals surface area contributed by atoms with Gasteiger partial charge < -0.3 is 4.57 Å². The second-order valence-electron chi connectivity index (χ2n) is 13.6. The minimum absolute atomic E-state index is 0.628. The van der Waals surface area contributed by atoms with Crippen molar-refractivity contribution in [2.45, 2.75) is 0 Å². The third kappa shape index (κ3) is 4.94. The maximum Gasteiger partial charge on any atom is 0.166 e. The number of aromatic nitrogens is 4. The molecule has 0 atom stereocenters. The van der Waals surface area contributed by atoms with Gasteiger partial charge in [0.15, 0.2) is 17.5 Å². The van der Waals surface area contributed by atoms with E-state index in [0.29, 0.717) is 17.5 Å². The lowest BCUT2D eigenvalue weighted by atomic mass is 10.0. The quantitative estimate of drug-likeness (QED) is 0.179. The Labute approximate surface area is 315 Å². The first-order chi connectivity index (χ1) is 26.8. The van der Waals surface area contributed by atoms with Crippen molar-refractivity contribution >= 4 is 64.1 Å². The molecular formula is C49H30N4S. The number of nitrogens with zero attached hydrogens (tertiary/aromatic N) is 4. The summed E-state index contributed by atoms with van der Waals surface area (Å²) in [7, 11) is 0. The van der Waals surface area contributed by atoms with E-state index in [-0.39, 0.29) is 0 Å². The fraction of sp³-hybridized carbons (Fsp3) is 0. The van der Waals surface area contributed by atoms with Crippen LogP contribution in [0, 0.1) is 0 Å². The summed E-state index contributed by atoms with van der Waals surface area (Å²) >= 11 is 1.82. The molecule has 0 amide bonds. The van der Waals surface area contributed by atoms with Crippen LogP contribution < -0.4 is 0 Å². The number of hydrogen-bond donors (Lipinski definition) is 0. The number of fused-ring (bicyclic) bond motifs is 7. The second kappa shape index (κ2) is 12.3. The van der Waals surface area contributed by atoms with Gasteiger partial charge in [-0.25, -0.2) is 15.0 Å². The van der Waals surface area contributed by atoms with Gasteiger partial charge in [0.1, 0.15) is 0 Å². The smallest absolute Gasteiger partial charge is 0.166 e. The van der Waals surface area contributed by atoms with Crippen LogP contribution in [-0.4, -0.2) is 19.5 Å². The fourth-order valence-corrected chi connectivity index (χ4v) is 9.03. The van der Waals surface area contributed by atoms with E-state index in [1.165, 1.54) is 41.7 Å². The summed E-state index contributed by atoms with van der Waals surface area (Å²) in [6.45, 7) is 0. The minimum Gasteiger partial charge on any atom is -0.308 e. The van der Waals surface area contributed by atoms with Crippen molar-refractivity contribution in [3.05, 3.63) is 182 Å². The summed E-state index contributed by atoms with van der Waals surface area (Å²) in [5.41, 5.74) is 8.43. The number of hydrogen-bond acceptors (Lipinski definition) is 4. The molecule has 0 aliphatic carbocycles. The summed E-state index contributed by atoms with van der Waals surface area (Å²) in [4.78, 5) is 15.8. The van der Waals surface area contributed by atoms with Gasteiger partial charge in [0.25, 0.3) is 0 Å². The van der Waals surface area contributed by atoms with Gasteiger partial charge in [-0.15, -0.1) is 11.3 Å². The highest BCUT2D eigenvalue weighted by Gasteiger charge is 2.24. The van der Waals surface area contributed by atoms with Crippen LogP contribution >= 0.6 is 11.3 Å². The molecule has 0 aliphatic heterocycles. The molecule has 0 bridgehead atoms. The minimum atomic E-state index is 0.628. The molecule has 0 radical (unpaired) electrons. The average Bonchev–Trinajstić information content (AvgIpc) is 3.78. The molecule has 0 fully saturated rings. The van der Waals surface area contributed by atoms with E-state index < -0.39 is 0 Å². The van der Waals surface area contributed by atoms with E-state index in [4.69, 9.17) is 15.0 Å². The molecule has 0 spiro atoms. The Bertz CT molecular complexity index is 3220. The lowest BCUT2D eigenvalue weighted by Crippen LogP contribution is -2.04. The van der Waals surface area contributed by atoms with Gasteiger partial charge in [0, 0.05) is 47.6 Å². The van der Waals surface area contributed by atoms with E-state index in [2.05, 4.69) is 162 Å². The van der Waals surface area contributed by atoms with Gasteiger partial charge in [-0.05, 0) is 64.4 Å². The first-order valence-corrected chi connectivity index (χ1v) is 18.9. The van der Waals surface area contributed by atoms with Gasteiger partial charge in [0.05, 0.1) is 16.7 Å². The topological polar surface area (TPSA) is 43.6 Å². The molecule has 0 saturated heterocycles. The van der Waals surface area contributed by atoms with Crippen molar-refractivity contribution in [2.75, 3.05) is 0 Å². The first-order valence-electron chi connectivity index (χ1n) is 18.1. The Hall–Kier alpha value is -6.95. The Balaban J connectivity index is 1.26. The summed E-state index contributed by atoms with van der Waals surface area (Å²) < 4.78 is 4.92.